The van der Waals surface area contributed by atoms with Crippen molar-refractivity contribution in [3.8, 4) is 6.07 Å². The Hall–Kier alpha value is -2.06. The average Bonchev–Trinajstić information content (AvgIpc) is 3.01. The third-order valence-corrected chi connectivity index (χ3v) is 4.78. The van der Waals surface area contributed by atoms with E-state index in [-0.39, 0.29) is 11.9 Å². The van der Waals surface area contributed by atoms with Gasteiger partial charge in [0.1, 0.15) is 12.2 Å². The van der Waals surface area contributed by atoms with Crippen LogP contribution in [0.25, 0.3) is 0 Å². The Kier molecular flexibility index (Phi) is 4.07. The first-order valence-electron chi connectivity index (χ1n) is 6.95. The quantitative estimate of drug-likeness (QED) is 0.802. The van der Waals surface area contributed by atoms with Crippen molar-refractivity contribution in [2.24, 2.45) is 4.99 Å². The molecule has 0 amide bonds. The summed E-state index contributed by atoms with van der Waals surface area (Å²) in [6, 6.07) is 11.5. The lowest BCUT2D eigenvalue weighted by Gasteiger charge is -2.29. The second-order valence-corrected chi connectivity index (χ2v) is 5.97. The van der Waals surface area contributed by atoms with Crippen molar-refractivity contribution in [1.29, 1.82) is 5.26 Å². The first-order valence-corrected chi connectivity index (χ1v) is 7.93. The SMILES string of the molecule is N#CC1=C(SCC(=O)c2ccccc2)N2CCC[C@@H]2N=C1. The zero-order valence-corrected chi connectivity index (χ0v) is 12.3. The summed E-state index contributed by atoms with van der Waals surface area (Å²) in [6.07, 6.45) is 3.90. The van der Waals surface area contributed by atoms with E-state index in [0.717, 1.165) is 24.4 Å². The van der Waals surface area contributed by atoms with Gasteiger partial charge in [0.05, 0.1) is 16.4 Å². The Morgan fingerprint density at radius 1 is 1.43 bits per heavy atom. The molecule has 1 fully saturated rings. The molecule has 0 aromatic heterocycles. The Labute approximate surface area is 128 Å². The van der Waals surface area contributed by atoms with Crippen LogP contribution in [-0.2, 0) is 0 Å². The smallest absolute Gasteiger partial charge is 0.173 e. The molecular formula is C16H15N3OS. The molecule has 2 aliphatic heterocycles. The van der Waals surface area contributed by atoms with Gasteiger partial charge in [0, 0.05) is 18.3 Å². The summed E-state index contributed by atoms with van der Waals surface area (Å²) in [5.74, 6) is 0.436. The third-order valence-electron chi connectivity index (χ3n) is 3.64. The van der Waals surface area contributed by atoms with Crippen molar-refractivity contribution in [1.82, 2.24) is 4.90 Å². The van der Waals surface area contributed by atoms with Crippen LogP contribution < -0.4 is 0 Å². The topological polar surface area (TPSA) is 56.5 Å². The van der Waals surface area contributed by atoms with Gasteiger partial charge in [-0.25, -0.2) is 0 Å². The number of rotatable bonds is 4. The zero-order valence-electron chi connectivity index (χ0n) is 11.5. The summed E-state index contributed by atoms with van der Waals surface area (Å²) < 4.78 is 0. The molecule has 1 aromatic rings. The molecule has 0 saturated carbocycles. The highest BCUT2D eigenvalue weighted by Gasteiger charge is 2.30. The third kappa shape index (κ3) is 2.86. The number of aliphatic imine (C=N–C) groups is 1. The Bertz CT molecular complexity index is 645. The molecule has 1 atom stereocenters. The van der Waals surface area contributed by atoms with E-state index >= 15 is 0 Å². The van der Waals surface area contributed by atoms with Crippen LogP contribution in [0.1, 0.15) is 23.2 Å². The van der Waals surface area contributed by atoms with E-state index in [4.69, 9.17) is 0 Å². The molecule has 4 nitrogen and oxygen atoms in total. The molecule has 0 spiro atoms. The zero-order chi connectivity index (χ0) is 14.7. The van der Waals surface area contributed by atoms with Crippen molar-refractivity contribution in [2.75, 3.05) is 12.3 Å². The molecule has 0 bridgehead atoms. The first-order chi connectivity index (χ1) is 10.3. The predicted molar refractivity (Wildman–Crippen MR) is 84.1 cm³/mol. The molecular weight excluding hydrogens is 282 g/mol. The van der Waals surface area contributed by atoms with Crippen LogP contribution in [0.15, 0.2) is 45.9 Å². The van der Waals surface area contributed by atoms with Crippen molar-refractivity contribution >= 4 is 23.8 Å². The maximum atomic E-state index is 12.2. The monoisotopic (exact) mass is 297 g/mol. The standard InChI is InChI=1S/C16H15N3OS/c17-9-13-10-18-15-7-4-8-19(15)16(13)21-11-14(20)12-5-2-1-3-6-12/h1-3,5-6,10,15H,4,7-8,11H2/t15-/m1/s1. The lowest BCUT2D eigenvalue weighted by atomic mass is 10.2. The molecule has 0 N–H and O–H groups in total. The van der Waals surface area contributed by atoms with Crippen molar-refractivity contribution in [3.63, 3.8) is 0 Å². The Balaban J connectivity index is 1.74. The highest BCUT2D eigenvalue weighted by atomic mass is 32.2. The normalized spacial score (nSPS) is 20.3. The number of hydrogen-bond acceptors (Lipinski definition) is 5. The molecule has 2 heterocycles. The number of nitrogens with zero attached hydrogens (tertiary/aromatic N) is 3. The lowest BCUT2D eigenvalue weighted by molar-refractivity contribution is 0.102. The Morgan fingerprint density at radius 3 is 3.00 bits per heavy atom. The van der Waals surface area contributed by atoms with Crippen molar-refractivity contribution < 1.29 is 4.79 Å². The number of benzene rings is 1. The molecule has 0 aliphatic carbocycles. The van der Waals surface area contributed by atoms with Gasteiger partial charge >= 0.3 is 0 Å². The van der Waals surface area contributed by atoms with Crippen LogP contribution in [0.2, 0.25) is 0 Å². The van der Waals surface area contributed by atoms with Gasteiger partial charge in [-0.15, -0.1) is 0 Å². The van der Waals surface area contributed by atoms with Gasteiger partial charge < -0.3 is 4.90 Å². The largest absolute Gasteiger partial charge is 0.343 e. The van der Waals surface area contributed by atoms with Gasteiger partial charge in [-0.1, -0.05) is 42.1 Å². The van der Waals surface area contributed by atoms with Crippen LogP contribution in [-0.4, -0.2) is 35.4 Å². The number of nitriles is 1. The fourth-order valence-electron chi connectivity index (χ4n) is 2.59. The summed E-state index contributed by atoms with van der Waals surface area (Å²) in [7, 11) is 0. The van der Waals surface area contributed by atoms with E-state index in [1.54, 1.807) is 6.21 Å². The van der Waals surface area contributed by atoms with Gasteiger partial charge in [-0.3, -0.25) is 9.79 Å². The van der Waals surface area contributed by atoms with E-state index < -0.39 is 0 Å². The molecule has 106 valence electrons. The predicted octanol–water partition coefficient (Wildman–Crippen LogP) is 2.84. The maximum Gasteiger partial charge on any atom is 0.173 e. The number of allylic oxidation sites excluding steroid dienone is 1. The van der Waals surface area contributed by atoms with Gasteiger partial charge in [0.15, 0.2) is 5.78 Å². The second-order valence-electron chi connectivity index (χ2n) is 5.00. The molecule has 5 heteroatoms. The van der Waals surface area contributed by atoms with E-state index in [0.29, 0.717) is 16.9 Å². The molecule has 1 saturated heterocycles. The number of fused-ring (bicyclic) bond motifs is 1. The van der Waals surface area contributed by atoms with Crippen LogP contribution in [0.3, 0.4) is 0 Å². The Morgan fingerprint density at radius 2 is 2.24 bits per heavy atom. The highest BCUT2D eigenvalue weighted by molar-refractivity contribution is 8.03. The van der Waals surface area contributed by atoms with E-state index in [1.165, 1.54) is 11.8 Å². The van der Waals surface area contributed by atoms with E-state index in [9.17, 15) is 10.1 Å². The number of carbonyl (C=O) groups excluding carboxylic acids is 1. The van der Waals surface area contributed by atoms with Gasteiger partial charge in [-0.2, -0.15) is 5.26 Å². The summed E-state index contributed by atoms with van der Waals surface area (Å²) in [4.78, 5) is 18.8. The molecule has 0 radical (unpaired) electrons. The molecule has 1 aromatic carbocycles. The van der Waals surface area contributed by atoms with Gasteiger partial charge in [0.25, 0.3) is 0 Å². The molecule has 0 unspecified atom stereocenters. The number of hydrogen-bond donors (Lipinski definition) is 0. The number of carbonyl (C=O) groups is 1. The number of thioether (sulfide) groups is 1. The highest BCUT2D eigenvalue weighted by Crippen LogP contribution is 2.34. The second kappa shape index (κ2) is 6.15. The fourth-order valence-corrected chi connectivity index (χ4v) is 3.66. The summed E-state index contributed by atoms with van der Waals surface area (Å²) in [6.45, 7) is 0.912. The summed E-state index contributed by atoms with van der Waals surface area (Å²) in [5, 5.41) is 10.1. The first kappa shape index (κ1) is 13.9. The van der Waals surface area contributed by atoms with Crippen LogP contribution in [0.5, 0.6) is 0 Å². The molecule has 21 heavy (non-hydrogen) atoms. The maximum absolute atomic E-state index is 12.2. The number of Topliss-reactive ketones (excluding diaryl/α,β-unsaturated/α-hetero) is 1. The lowest BCUT2D eigenvalue weighted by Crippen LogP contribution is -2.30. The minimum absolute atomic E-state index is 0.0867. The average molecular weight is 297 g/mol. The molecule has 2 aliphatic rings. The molecule has 3 rings (SSSR count). The fraction of sp³-hybridized carbons (Fsp3) is 0.312. The van der Waals surface area contributed by atoms with Crippen LogP contribution >= 0.6 is 11.8 Å². The van der Waals surface area contributed by atoms with Crippen LogP contribution in [0.4, 0.5) is 0 Å². The minimum atomic E-state index is 0.0867. The minimum Gasteiger partial charge on any atom is -0.343 e. The van der Waals surface area contributed by atoms with E-state index in [2.05, 4.69) is 16.0 Å². The van der Waals surface area contributed by atoms with Gasteiger partial charge in [-0.05, 0) is 12.8 Å². The van der Waals surface area contributed by atoms with Crippen LogP contribution in [0, 0.1) is 11.3 Å². The van der Waals surface area contributed by atoms with Gasteiger partial charge in [0.2, 0.25) is 0 Å². The van der Waals surface area contributed by atoms with Crippen molar-refractivity contribution in [3.05, 3.63) is 46.5 Å². The summed E-state index contributed by atoms with van der Waals surface area (Å²) in [5.41, 5.74) is 1.28. The van der Waals surface area contributed by atoms with E-state index in [1.807, 2.05) is 30.3 Å². The summed E-state index contributed by atoms with van der Waals surface area (Å²) >= 11 is 1.45. The number of ketones is 1. The van der Waals surface area contributed by atoms with Crippen molar-refractivity contribution in [2.45, 2.75) is 19.0 Å².